The summed E-state index contributed by atoms with van der Waals surface area (Å²) in [7, 11) is 3.27. The Morgan fingerprint density at radius 3 is 1.58 bits per heavy atom. The lowest BCUT2D eigenvalue weighted by molar-refractivity contribution is -0.100. The summed E-state index contributed by atoms with van der Waals surface area (Å²) in [5.74, 6) is 2.75. The Labute approximate surface area is 141 Å². The Morgan fingerprint density at radius 2 is 1.00 bits per heavy atom. The van der Waals surface area contributed by atoms with E-state index < -0.39 is 0 Å². The molecule has 0 aliphatic heterocycles. The lowest BCUT2D eigenvalue weighted by atomic mass is 10.1. The molecular formula is C20H18O4. The quantitative estimate of drug-likeness (QED) is 0.485. The zero-order valence-electron chi connectivity index (χ0n) is 13.6. The largest absolute Gasteiger partial charge is 0.497 e. The molecule has 3 aromatic carbocycles. The van der Waals surface area contributed by atoms with Gasteiger partial charge in [-0.1, -0.05) is 30.3 Å². The van der Waals surface area contributed by atoms with Gasteiger partial charge in [-0.25, -0.2) is 0 Å². The summed E-state index contributed by atoms with van der Waals surface area (Å²) in [6, 6.07) is 22.8. The van der Waals surface area contributed by atoms with Crippen molar-refractivity contribution in [2.24, 2.45) is 0 Å². The molecule has 0 aliphatic carbocycles. The van der Waals surface area contributed by atoms with Crippen LogP contribution < -0.4 is 19.2 Å². The van der Waals surface area contributed by atoms with Crippen LogP contribution in [0.4, 0.5) is 0 Å². The van der Waals surface area contributed by atoms with Gasteiger partial charge in [-0.15, -0.1) is 0 Å². The van der Waals surface area contributed by atoms with Gasteiger partial charge in [0.05, 0.1) is 14.2 Å². The van der Waals surface area contributed by atoms with Gasteiger partial charge in [-0.05, 0) is 47.5 Å². The van der Waals surface area contributed by atoms with Gasteiger partial charge in [0.15, 0.2) is 11.5 Å². The molecule has 4 heteroatoms. The molecule has 0 aromatic heterocycles. The fourth-order valence-corrected chi connectivity index (χ4v) is 2.24. The van der Waals surface area contributed by atoms with Crippen molar-refractivity contribution in [1.29, 1.82) is 0 Å². The van der Waals surface area contributed by atoms with Crippen LogP contribution in [0.25, 0.3) is 11.1 Å². The fraction of sp³-hybridized carbons (Fsp3) is 0.100. The van der Waals surface area contributed by atoms with Crippen LogP contribution in [0.15, 0.2) is 72.8 Å². The number of rotatable bonds is 6. The van der Waals surface area contributed by atoms with Gasteiger partial charge in [0, 0.05) is 6.07 Å². The van der Waals surface area contributed by atoms with Gasteiger partial charge < -0.3 is 9.47 Å². The van der Waals surface area contributed by atoms with Crippen LogP contribution in [0.3, 0.4) is 0 Å². The first-order chi connectivity index (χ1) is 11.8. The first-order valence-corrected chi connectivity index (χ1v) is 7.51. The maximum absolute atomic E-state index is 5.34. The van der Waals surface area contributed by atoms with Crippen molar-refractivity contribution < 1.29 is 19.2 Å². The van der Waals surface area contributed by atoms with Gasteiger partial charge in [0.25, 0.3) is 0 Å². The molecule has 0 saturated heterocycles. The van der Waals surface area contributed by atoms with Crippen LogP contribution in [0.5, 0.6) is 23.0 Å². The molecule has 0 fully saturated rings. The highest BCUT2D eigenvalue weighted by molar-refractivity contribution is 5.64. The number of ether oxygens (including phenoxy) is 2. The number of hydrogen-bond donors (Lipinski definition) is 0. The monoisotopic (exact) mass is 322 g/mol. The zero-order valence-corrected chi connectivity index (χ0v) is 13.6. The van der Waals surface area contributed by atoms with Crippen molar-refractivity contribution in [1.82, 2.24) is 0 Å². The molecule has 0 amide bonds. The van der Waals surface area contributed by atoms with Crippen molar-refractivity contribution in [3.05, 3.63) is 72.8 Å². The summed E-state index contributed by atoms with van der Waals surface area (Å²) in [5.41, 5.74) is 2.20. The molecule has 0 spiro atoms. The molecule has 0 atom stereocenters. The lowest BCUT2D eigenvalue weighted by Gasteiger charge is -2.08. The highest BCUT2D eigenvalue weighted by Gasteiger charge is 2.02. The minimum absolute atomic E-state index is 0.577. The van der Waals surface area contributed by atoms with Crippen molar-refractivity contribution in [2.75, 3.05) is 14.2 Å². The number of benzene rings is 3. The summed E-state index contributed by atoms with van der Waals surface area (Å²) < 4.78 is 10.3. The molecule has 122 valence electrons. The standard InChI is InChI=1S/C20H18O4/c1-21-17-10-6-15(7-11-17)16-8-12-18(13-9-16)23-24-20-5-3-4-19(14-20)22-2/h3-14H,1-2H3. The lowest BCUT2D eigenvalue weighted by Crippen LogP contribution is -2.00. The number of hydrogen-bond acceptors (Lipinski definition) is 4. The third kappa shape index (κ3) is 3.79. The van der Waals surface area contributed by atoms with Crippen LogP contribution in [0, 0.1) is 0 Å². The van der Waals surface area contributed by atoms with E-state index in [0.717, 1.165) is 16.9 Å². The molecule has 4 nitrogen and oxygen atoms in total. The van der Waals surface area contributed by atoms with Gasteiger partial charge >= 0.3 is 0 Å². The van der Waals surface area contributed by atoms with E-state index in [9.17, 15) is 0 Å². The molecule has 0 saturated carbocycles. The Morgan fingerprint density at radius 1 is 0.500 bits per heavy atom. The predicted octanol–water partition coefficient (Wildman–Crippen LogP) is 4.74. The van der Waals surface area contributed by atoms with E-state index in [1.807, 2.05) is 60.7 Å². The van der Waals surface area contributed by atoms with Crippen molar-refractivity contribution in [3.63, 3.8) is 0 Å². The first kappa shape index (κ1) is 15.7. The van der Waals surface area contributed by atoms with E-state index in [1.54, 1.807) is 26.4 Å². The average molecular weight is 322 g/mol. The Bertz CT molecular complexity index is 779. The van der Waals surface area contributed by atoms with E-state index in [0.29, 0.717) is 17.2 Å². The smallest absolute Gasteiger partial charge is 0.182 e. The average Bonchev–Trinajstić information content (AvgIpc) is 2.67. The van der Waals surface area contributed by atoms with Crippen LogP contribution in [0.1, 0.15) is 0 Å². The maximum Gasteiger partial charge on any atom is 0.182 e. The van der Waals surface area contributed by atoms with Crippen LogP contribution >= 0.6 is 0 Å². The number of methoxy groups -OCH3 is 2. The Balaban J connectivity index is 1.65. The minimum Gasteiger partial charge on any atom is -0.497 e. The first-order valence-electron chi connectivity index (χ1n) is 7.51. The molecular weight excluding hydrogens is 304 g/mol. The topological polar surface area (TPSA) is 36.9 Å². The molecule has 0 bridgehead atoms. The van der Waals surface area contributed by atoms with Crippen LogP contribution in [-0.2, 0) is 0 Å². The second-order valence-corrected chi connectivity index (χ2v) is 5.10. The van der Waals surface area contributed by atoms with Crippen LogP contribution in [0.2, 0.25) is 0 Å². The van der Waals surface area contributed by atoms with E-state index >= 15 is 0 Å². The molecule has 0 aliphatic rings. The summed E-state index contributed by atoms with van der Waals surface area (Å²) in [6.07, 6.45) is 0. The SMILES string of the molecule is COc1ccc(-c2ccc(OOc3cccc(OC)c3)cc2)cc1. The molecule has 24 heavy (non-hydrogen) atoms. The molecule has 0 radical (unpaired) electrons. The van der Waals surface area contributed by atoms with Crippen molar-refractivity contribution in [2.45, 2.75) is 0 Å². The van der Waals surface area contributed by atoms with Crippen molar-refractivity contribution >= 4 is 0 Å². The zero-order chi connectivity index (χ0) is 16.8. The molecule has 0 heterocycles. The highest BCUT2D eigenvalue weighted by atomic mass is 17.2. The maximum atomic E-state index is 5.34. The summed E-state index contributed by atoms with van der Waals surface area (Å²) >= 11 is 0. The Hall–Kier alpha value is -3.14. The van der Waals surface area contributed by atoms with Gasteiger partial charge in [-0.3, -0.25) is 9.78 Å². The Kier molecular flexibility index (Phi) is 4.87. The van der Waals surface area contributed by atoms with E-state index in [4.69, 9.17) is 19.2 Å². The second kappa shape index (κ2) is 7.42. The van der Waals surface area contributed by atoms with E-state index in [1.165, 1.54) is 0 Å². The summed E-state index contributed by atoms with van der Waals surface area (Å²) in [6.45, 7) is 0. The highest BCUT2D eigenvalue weighted by Crippen LogP contribution is 2.25. The second-order valence-electron chi connectivity index (χ2n) is 5.10. The van der Waals surface area contributed by atoms with Gasteiger partial charge in [0.1, 0.15) is 11.5 Å². The molecule has 0 unspecified atom stereocenters. The van der Waals surface area contributed by atoms with E-state index in [2.05, 4.69) is 0 Å². The molecule has 3 aromatic rings. The summed E-state index contributed by atoms with van der Waals surface area (Å²) in [4.78, 5) is 10.7. The van der Waals surface area contributed by atoms with Gasteiger partial charge in [-0.2, -0.15) is 0 Å². The third-order valence-corrected chi connectivity index (χ3v) is 3.55. The van der Waals surface area contributed by atoms with Gasteiger partial charge in [0.2, 0.25) is 0 Å². The third-order valence-electron chi connectivity index (χ3n) is 3.55. The summed E-state index contributed by atoms with van der Waals surface area (Å²) in [5, 5.41) is 0. The van der Waals surface area contributed by atoms with Crippen LogP contribution in [-0.4, -0.2) is 14.2 Å². The van der Waals surface area contributed by atoms with Crippen molar-refractivity contribution in [3.8, 4) is 34.1 Å². The minimum atomic E-state index is 0.577. The normalized spacial score (nSPS) is 10.1. The fourth-order valence-electron chi connectivity index (χ4n) is 2.24. The molecule has 3 rings (SSSR count). The molecule has 0 N–H and O–H groups in total. The van der Waals surface area contributed by atoms with E-state index in [-0.39, 0.29) is 0 Å². The predicted molar refractivity (Wildman–Crippen MR) is 92.7 cm³/mol.